The number of rotatable bonds is 2. The molecule has 1 aliphatic carbocycles. The maximum atomic E-state index is 11.5. The highest BCUT2D eigenvalue weighted by molar-refractivity contribution is 5.98. The molecule has 3 rings (SSSR count). The van der Waals surface area contributed by atoms with Gasteiger partial charge in [-0.05, 0) is 12.8 Å². The van der Waals surface area contributed by atoms with Crippen LogP contribution in [0.3, 0.4) is 0 Å². The summed E-state index contributed by atoms with van der Waals surface area (Å²) >= 11 is 0. The van der Waals surface area contributed by atoms with Crippen molar-refractivity contribution in [3.05, 3.63) is 47.5 Å². The maximum Gasteiger partial charge on any atom is 0.308 e. The van der Waals surface area contributed by atoms with Gasteiger partial charge in [0.25, 0.3) is 0 Å². The highest BCUT2D eigenvalue weighted by atomic mass is 16.5. The van der Waals surface area contributed by atoms with Gasteiger partial charge in [0, 0.05) is 35.7 Å². The molecular weight excluding hydrogens is 280 g/mol. The monoisotopic (exact) mass is 296 g/mol. The topological polar surface area (TPSA) is 52.6 Å². The first-order valence-electron chi connectivity index (χ1n) is 7.16. The number of carbonyl (C=O) groups excluding carboxylic acids is 2. The Morgan fingerprint density at radius 1 is 0.818 bits per heavy atom. The fourth-order valence-electron chi connectivity index (χ4n) is 2.83. The van der Waals surface area contributed by atoms with Crippen LogP contribution in [0, 0.1) is 0 Å². The number of allylic oxidation sites excluding steroid dienone is 2. The molecule has 0 N–H and O–H groups in total. The Kier molecular flexibility index (Phi) is 3.67. The average Bonchev–Trinajstić information content (AvgIpc) is 2.50. The minimum atomic E-state index is -0.359. The Morgan fingerprint density at radius 2 is 1.23 bits per heavy atom. The summed E-state index contributed by atoms with van der Waals surface area (Å²) in [6.07, 6.45) is 5.36. The van der Waals surface area contributed by atoms with E-state index in [1.54, 1.807) is 0 Å². The number of esters is 2. The fraction of sp³-hybridized carbons (Fsp3) is 0.222. The van der Waals surface area contributed by atoms with Gasteiger partial charge < -0.3 is 9.47 Å². The molecule has 4 nitrogen and oxygen atoms in total. The third kappa shape index (κ3) is 2.48. The van der Waals surface area contributed by atoms with E-state index in [0.29, 0.717) is 24.3 Å². The van der Waals surface area contributed by atoms with Crippen molar-refractivity contribution < 1.29 is 19.1 Å². The molecule has 4 heteroatoms. The number of carbonyl (C=O) groups is 2. The molecule has 0 aliphatic heterocycles. The highest BCUT2D eigenvalue weighted by Crippen LogP contribution is 2.43. The predicted octanol–water partition coefficient (Wildman–Crippen LogP) is 3.35. The first-order chi connectivity index (χ1) is 10.6. The van der Waals surface area contributed by atoms with Gasteiger partial charge in [0.2, 0.25) is 0 Å². The van der Waals surface area contributed by atoms with Crippen LogP contribution < -0.4 is 9.47 Å². The van der Waals surface area contributed by atoms with Crippen LogP contribution in [-0.2, 0) is 22.4 Å². The van der Waals surface area contributed by atoms with Gasteiger partial charge in [-0.3, -0.25) is 9.59 Å². The van der Waals surface area contributed by atoms with E-state index in [-0.39, 0.29) is 11.9 Å². The zero-order valence-electron chi connectivity index (χ0n) is 12.5. The molecule has 0 amide bonds. The summed E-state index contributed by atoms with van der Waals surface area (Å²) in [4.78, 5) is 23.0. The first kappa shape index (κ1) is 14.3. The Labute approximate surface area is 128 Å². The molecule has 0 atom stereocenters. The zero-order valence-corrected chi connectivity index (χ0v) is 12.5. The average molecular weight is 296 g/mol. The number of benzene rings is 2. The summed E-state index contributed by atoms with van der Waals surface area (Å²) in [5.41, 5.74) is 1.82. The van der Waals surface area contributed by atoms with Crippen molar-refractivity contribution in [1.82, 2.24) is 0 Å². The smallest absolute Gasteiger partial charge is 0.308 e. The summed E-state index contributed by atoms with van der Waals surface area (Å²) in [6.45, 7) is 2.78. The quantitative estimate of drug-likeness (QED) is 0.484. The molecule has 0 aromatic heterocycles. The molecule has 0 spiro atoms. The molecule has 2 aromatic rings. The van der Waals surface area contributed by atoms with E-state index in [1.807, 2.05) is 36.4 Å². The van der Waals surface area contributed by atoms with Crippen molar-refractivity contribution in [2.45, 2.75) is 26.7 Å². The minimum Gasteiger partial charge on any atom is -0.426 e. The Bertz CT molecular complexity index is 736. The van der Waals surface area contributed by atoms with Gasteiger partial charge in [-0.15, -0.1) is 0 Å². The normalized spacial score (nSPS) is 12.8. The van der Waals surface area contributed by atoms with E-state index < -0.39 is 0 Å². The van der Waals surface area contributed by atoms with Gasteiger partial charge in [-0.2, -0.15) is 0 Å². The van der Waals surface area contributed by atoms with E-state index >= 15 is 0 Å². The maximum absolute atomic E-state index is 11.5. The van der Waals surface area contributed by atoms with Crippen molar-refractivity contribution in [1.29, 1.82) is 0 Å². The largest absolute Gasteiger partial charge is 0.426 e. The van der Waals surface area contributed by atoms with E-state index in [1.165, 1.54) is 13.8 Å². The number of hydrogen-bond donors (Lipinski definition) is 0. The molecule has 0 bridgehead atoms. The molecule has 22 heavy (non-hydrogen) atoms. The van der Waals surface area contributed by atoms with Crippen molar-refractivity contribution in [3.8, 4) is 11.5 Å². The van der Waals surface area contributed by atoms with Crippen LogP contribution >= 0.6 is 0 Å². The summed E-state index contributed by atoms with van der Waals surface area (Å²) in [5, 5.41) is 1.56. The van der Waals surface area contributed by atoms with E-state index in [4.69, 9.17) is 9.47 Å². The third-order valence-electron chi connectivity index (χ3n) is 3.63. The highest BCUT2D eigenvalue weighted by Gasteiger charge is 2.23. The van der Waals surface area contributed by atoms with Gasteiger partial charge in [-0.1, -0.05) is 36.4 Å². The lowest BCUT2D eigenvalue weighted by atomic mass is 9.90. The molecule has 0 unspecified atom stereocenters. The standard InChI is InChI=1S/C18H16O4/c1-11(19)21-17-13-7-3-5-9-15(13)18(22-12(2)20)16-10-6-4-8-14(16)17/h3-7,9H,8,10H2,1-2H3. The fourth-order valence-corrected chi connectivity index (χ4v) is 2.83. The number of hydrogen-bond acceptors (Lipinski definition) is 4. The molecule has 2 aromatic carbocycles. The van der Waals surface area contributed by atoms with Crippen molar-refractivity contribution in [2.75, 3.05) is 0 Å². The van der Waals surface area contributed by atoms with Crippen LogP contribution in [-0.4, -0.2) is 11.9 Å². The second kappa shape index (κ2) is 5.64. The van der Waals surface area contributed by atoms with Crippen LogP contribution in [0.4, 0.5) is 0 Å². The van der Waals surface area contributed by atoms with E-state index in [0.717, 1.165) is 21.9 Å². The Morgan fingerprint density at radius 3 is 1.59 bits per heavy atom. The molecule has 0 radical (unpaired) electrons. The third-order valence-corrected chi connectivity index (χ3v) is 3.63. The SMILES string of the molecule is CC(=O)Oc1c2c(c(OC(C)=O)c3ccccc13)CC=CC2. The van der Waals surface area contributed by atoms with Gasteiger partial charge >= 0.3 is 11.9 Å². The minimum absolute atomic E-state index is 0.359. The summed E-state index contributed by atoms with van der Waals surface area (Å²) in [5.74, 6) is 0.418. The van der Waals surface area contributed by atoms with Crippen molar-refractivity contribution in [2.24, 2.45) is 0 Å². The van der Waals surface area contributed by atoms with Crippen molar-refractivity contribution in [3.63, 3.8) is 0 Å². The molecule has 1 aliphatic rings. The zero-order chi connectivity index (χ0) is 15.7. The summed E-state index contributed by atoms with van der Waals surface area (Å²) < 4.78 is 10.9. The molecule has 0 heterocycles. The van der Waals surface area contributed by atoms with Crippen LogP contribution in [0.15, 0.2) is 36.4 Å². The molecule has 0 fully saturated rings. The lowest BCUT2D eigenvalue weighted by Crippen LogP contribution is -2.12. The molecular formula is C18H16O4. The van der Waals surface area contributed by atoms with Crippen LogP contribution in [0.2, 0.25) is 0 Å². The number of fused-ring (bicyclic) bond motifs is 2. The Hall–Kier alpha value is -2.62. The summed E-state index contributed by atoms with van der Waals surface area (Å²) in [6, 6.07) is 7.49. The van der Waals surface area contributed by atoms with Crippen LogP contribution in [0.25, 0.3) is 10.8 Å². The lowest BCUT2D eigenvalue weighted by molar-refractivity contribution is -0.133. The van der Waals surface area contributed by atoms with Gasteiger partial charge in [0.15, 0.2) is 0 Å². The summed E-state index contributed by atoms with van der Waals surface area (Å²) in [7, 11) is 0. The van der Waals surface area contributed by atoms with Crippen LogP contribution in [0.1, 0.15) is 25.0 Å². The van der Waals surface area contributed by atoms with Crippen LogP contribution in [0.5, 0.6) is 11.5 Å². The lowest BCUT2D eigenvalue weighted by Gasteiger charge is -2.21. The molecule has 112 valence electrons. The second-order valence-corrected chi connectivity index (χ2v) is 5.23. The molecule has 0 saturated carbocycles. The second-order valence-electron chi connectivity index (χ2n) is 5.23. The predicted molar refractivity (Wildman–Crippen MR) is 83.1 cm³/mol. The van der Waals surface area contributed by atoms with E-state index in [2.05, 4.69) is 0 Å². The first-order valence-corrected chi connectivity index (χ1v) is 7.16. The van der Waals surface area contributed by atoms with Gasteiger partial charge in [-0.25, -0.2) is 0 Å². The van der Waals surface area contributed by atoms with Gasteiger partial charge in [0.05, 0.1) is 0 Å². The van der Waals surface area contributed by atoms with E-state index in [9.17, 15) is 9.59 Å². The molecule has 0 saturated heterocycles. The van der Waals surface area contributed by atoms with Gasteiger partial charge in [0.1, 0.15) is 11.5 Å². The number of ether oxygens (including phenoxy) is 2. The van der Waals surface area contributed by atoms with Crippen molar-refractivity contribution >= 4 is 22.7 Å². The Balaban J connectivity index is 2.35.